The third-order valence-electron chi connectivity index (χ3n) is 4.25. The van der Waals surface area contributed by atoms with E-state index < -0.39 is 0 Å². The molecular formula is C20H21N7OS. The highest BCUT2D eigenvalue weighted by atomic mass is 32.1. The summed E-state index contributed by atoms with van der Waals surface area (Å²) in [5, 5.41) is 19.1. The highest BCUT2D eigenvalue weighted by Gasteiger charge is 2.11. The summed E-state index contributed by atoms with van der Waals surface area (Å²) >= 11 is 1.42. The Balaban J connectivity index is 1.44. The molecule has 8 nitrogen and oxygen atoms in total. The summed E-state index contributed by atoms with van der Waals surface area (Å²) in [6.07, 6.45) is 5.20. The van der Waals surface area contributed by atoms with E-state index in [0.29, 0.717) is 10.8 Å². The summed E-state index contributed by atoms with van der Waals surface area (Å²) in [5.41, 5.74) is 4.71. The van der Waals surface area contributed by atoms with Crippen molar-refractivity contribution >= 4 is 40.0 Å². The van der Waals surface area contributed by atoms with Crippen molar-refractivity contribution in [2.75, 3.05) is 17.2 Å². The maximum atomic E-state index is 12.0. The van der Waals surface area contributed by atoms with Crippen LogP contribution in [0.4, 0.5) is 16.5 Å². The van der Waals surface area contributed by atoms with Crippen LogP contribution in [0.3, 0.4) is 0 Å². The second kappa shape index (κ2) is 8.46. The lowest BCUT2D eigenvalue weighted by Crippen LogP contribution is -2.32. The molecule has 2 aromatic heterocycles. The number of amides is 1. The van der Waals surface area contributed by atoms with E-state index in [2.05, 4.69) is 48.3 Å². The van der Waals surface area contributed by atoms with E-state index >= 15 is 0 Å². The third kappa shape index (κ3) is 4.82. The Kier molecular flexibility index (Phi) is 5.59. The number of aliphatic imine (C=N–C) groups is 1. The second-order valence-electron chi connectivity index (χ2n) is 6.97. The molecule has 29 heavy (non-hydrogen) atoms. The van der Waals surface area contributed by atoms with Crippen LogP contribution < -0.4 is 16.0 Å². The first-order valence-corrected chi connectivity index (χ1v) is 10.1. The lowest BCUT2D eigenvalue weighted by molar-refractivity contribution is -0.115. The van der Waals surface area contributed by atoms with Gasteiger partial charge in [-0.3, -0.25) is 14.8 Å². The minimum atomic E-state index is -0.114. The first kappa shape index (κ1) is 19.2. The summed E-state index contributed by atoms with van der Waals surface area (Å²) in [6, 6.07) is 8.22. The lowest BCUT2D eigenvalue weighted by Gasteiger charge is -2.09. The largest absolute Gasteiger partial charge is 0.330 e. The van der Waals surface area contributed by atoms with Gasteiger partial charge in [0.25, 0.3) is 0 Å². The van der Waals surface area contributed by atoms with Gasteiger partial charge in [-0.25, -0.2) is 0 Å². The standard InChI is InChI=1S/C20H21N7OS/c1-12(2)23-11-18(28)24-17-6-15(9-22-10-17)19-26-27-20(29-19)25-16-4-3-13-7-21-8-14(13)5-16/h3-6,8-10,12,23H,7,11H2,1-2H3,(H,24,28)(H,25,27). The van der Waals surface area contributed by atoms with Gasteiger partial charge in [0, 0.05) is 29.7 Å². The topological polar surface area (TPSA) is 104 Å². The molecule has 0 spiro atoms. The SMILES string of the molecule is CC(C)NCC(=O)Nc1cncc(-c2nnc(Nc3ccc4c(c3)C=NC4)s2)c1. The molecule has 1 amide bonds. The Bertz CT molecular complexity index is 1060. The highest BCUT2D eigenvalue weighted by molar-refractivity contribution is 7.18. The number of rotatable bonds is 7. The molecule has 1 aliphatic heterocycles. The van der Waals surface area contributed by atoms with Gasteiger partial charge in [0.2, 0.25) is 11.0 Å². The molecular weight excluding hydrogens is 386 g/mol. The van der Waals surface area contributed by atoms with E-state index in [1.165, 1.54) is 16.9 Å². The molecule has 0 bridgehead atoms. The number of benzene rings is 1. The molecule has 0 aliphatic carbocycles. The Morgan fingerprint density at radius 3 is 2.93 bits per heavy atom. The zero-order chi connectivity index (χ0) is 20.2. The molecule has 0 saturated heterocycles. The molecule has 148 valence electrons. The zero-order valence-electron chi connectivity index (χ0n) is 16.1. The molecule has 1 aliphatic rings. The van der Waals surface area contributed by atoms with E-state index in [1.807, 2.05) is 32.2 Å². The second-order valence-corrected chi connectivity index (χ2v) is 7.94. The van der Waals surface area contributed by atoms with Gasteiger partial charge in [0.15, 0.2) is 5.01 Å². The summed E-state index contributed by atoms with van der Waals surface area (Å²) < 4.78 is 0. The molecule has 0 fully saturated rings. The third-order valence-corrected chi connectivity index (χ3v) is 5.14. The normalized spacial score (nSPS) is 12.2. The molecule has 0 saturated carbocycles. The lowest BCUT2D eigenvalue weighted by atomic mass is 10.1. The van der Waals surface area contributed by atoms with E-state index in [4.69, 9.17) is 0 Å². The number of hydrogen-bond acceptors (Lipinski definition) is 8. The summed E-state index contributed by atoms with van der Waals surface area (Å²) in [7, 11) is 0. The number of aromatic nitrogens is 3. The predicted octanol–water partition coefficient (Wildman–Crippen LogP) is 3.21. The minimum absolute atomic E-state index is 0.114. The monoisotopic (exact) mass is 407 g/mol. The average molecular weight is 408 g/mol. The van der Waals surface area contributed by atoms with Gasteiger partial charge in [-0.15, -0.1) is 10.2 Å². The predicted molar refractivity (Wildman–Crippen MR) is 116 cm³/mol. The molecule has 0 atom stereocenters. The van der Waals surface area contributed by atoms with Crippen molar-refractivity contribution < 1.29 is 4.79 Å². The Morgan fingerprint density at radius 1 is 1.17 bits per heavy atom. The number of nitrogens with one attached hydrogen (secondary N) is 3. The van der Waals surface area contributed by atoms with Crippen LogP contribution in [0.25, 0.3) is 10.6 Å². The Hall–Kier alpha value is -3.17. The van der Waals surface area contributed by atoms with Crippen LogP contribution >= 0.6 is 11.3 Å². The van der Waals surface area contributed by atoms with Gasteiger partial charge >= 0.3 is 0 Å². The molecule has 1 aromatic carbocycles. The molecule has 0 radical (unpaired) electrons. The summed E-state index contributed by atoms with van der Waals surface area (Å²) in [6.45, 7) is 4.98. The van der Waals surface area contributed by atoms with Crippen LogP contribution in [0.5, 0.6) is 0 Å². The van der Waals surface area contributed by atoms with Crippen molar-refractivity contribution in [2.45, 2.75) is 26.4 Å². The maximum absolute atomic E-state index is 12.0. The number of carbonyl (C=O) groups excluding carboxylic acids is 1. The van der Waals surface area contributed by atoms with Crippen molar-refractivity contribution in [3.05, 3.63) is 47.8 Å². The molecule has 3 aromatic rings. The molecule has 3 N–H and O–H groups in total. The maximum Gasteiger partial charge on any atom is 0.238 e. The van der Waals surface area contributed by atoms with Gasteiger partial charge in [-0.05, 0) is 29.3 Å². The smallest absolute Gasteiger partial charge is 0.238 e. The Morgan fingerprint density at radius 2 is 2.07 bits per heavy atom. The molecule has 4 rings (SSSR count). The van der Waals surface area contributed by atoms with Crippen LogP contribution in [0, 0.1) is 0 Å². The van der Waals surface area contributed by atoms with E-state index in [-0.39, 0.29) is 18.5 Å². The average Bonchev–Trinajstić information content (AvgIpc) is 3.36. The Labute approximate surface area is 172 Å². The fourth-order valence-electron chi connectivity index (χ4n) is 2.82. The highest BCUT2D eigenvalue weighted by Crippen LogP contribution is 2.30. The fourth-order valence-corrected chi connectivity index (χ4v) is 3.57. The van der Waals surface area contributed by atoms with Crippen molar-refractivity contribution in [2.24, 2.45) is 4.99 Å². The molecule has 3 heterocycles. The number of fused-ring (bicyclic) bond motifs is 1. The number of anilines is 3. The van der Waals surface area contributed by atoms with Gasteiger partial charge in [0.1, 0.15) is 0 Å². The molecule has 9 heteroatoms. The van der Waals surface area contributed by atoms with Crippen molar-refractivity contribution in [1.29, 1.82) is 0 Å². The quantitative estimate of drug-likeness (QED) is 0.556. The van der Waals surface area contributed by atoms with Crippen LogP contribution in [0.15, 0.2) is 41.7 Å². The summed E-state index contributed by atoms with van der Waals surface area (Å²) in [4.78, 5) is 20.5. The first-order valence-electron chi connectivity index (χ1n) is 9.29. The number of carbonyl (C=O) groups is 1. The van der Waals surface area contributed by atoms with E-state index in [0.717, 1.165) is 28.4 Å². The van der Waals surface area contributed by atoms with Gasteiger partial charge in [-0.1, -0.05) is 31.3 Å². The summed E-state index contributed by atoms with van der Waals surface area (Å²) in [5.74, 6) is -0.114. The molecule has 0 unspecified atom stereocenters. The van der Waals surface area contributed by atoms with Gasteiger partial charge in [0.05, 0.1) is 25.0 Å². The van der Waals surface area contributed by atoms with Gasteiger partial charge in [-0.2, -0.15) is 0 Å². The number of pyridine rings is 1. The van der Waals surface area contributed by atoms with Crippen LogP contribution in [-0.4, -0.2) is 39.9 Å². The first-order chi connectivity index (χ1) is 14.1. The number of hydrogen-bond donors (Lipinski definition) is 3. The van der Waals surface area contributed by atoms with E-state index in [1.54, 1.807) is 12.4 Å². The zero-order valence-corrected chi connectivity index (χ0v) is 17.0. The van der Waals surface area contributed by atoms with Crippen LogP contribution in [0.1, 0.15) is 25.0 Å². The fraction of sp³-hybridized carbons (Fsp3) is 0.250. The van der Waals surface area contributed by atoms with Crippen molar-refractivity contribution in [1.82, 2.24) is 20.5 Å². The van der Waals surface area contributed by atoms with Crippen molar-refractivity contribution in [3.8, 4) is 10.6 Å². The van der Waals surface area contributed by atoms with Gasteiger partial charge < -0.3 is 16.0 Å². The van der Waals surface area contributed by atoms with Crippen LogP contribution in [-0.2, 0) is 11.3 Å². The number of nitrogens with zero attached hydrogens (tertiary/aromatic N) is 4. The minimum Gasteiger partial charge on any atom is -0.330 e. The van der Waals surface area contributed by atoms with Crippen LogP contribution in [0.2, 0.25) is 0 Å². The van der Waals surface area contributed by atoms with E-state index in [9.17, 15) is 4.79 Å². The van der Waals surface area contributed by atoms with Crippen molar-refractivity contribution in [3.63, 3.8) is 0 Å².